The van der Waals surface area contributed by atoms with Gasteiger partial charge >= 0.3 is 5.97 Å². The van der Waals surface area contributed by atoms with Crippen LogP contribution in [-0.4, -0.2) is 86.1 Å². The number of nitrogens with two attached hydrogens (primary N) is 1. The van der Waals surface area contributed by atoms with Crippen LogP contribution in [0, 0.1) is 0 Å². The number of carboxylic acids is 1. The van der Waals surface area contributed by atoms with Crippen LogP contribution in [0.1, 0.15) is 25.5 Å². The summed E-state index contributed by atoms with van der Waals surface area (Å²) in [6.45, 7) is 1.11. The molecule has 12 nitrogen and oxygen atoms in total. The van der Waals surface area contributed by atoms with Crippen LogP contribution in [0.3, 0.4) is 0 Å². The van der Waals surface area contributed by atoms with Gasteiger partial charge in [-0.15, -0.1) is 0 Å². The number of carboxylic acid groups (broad SMARTS) is 1. The van der Waals surface area contributed by atoms with Crippen LogP contribution in [0.4, 0.5) is 0 Å². The third-order valence-corrected chi connectivity index (χ3v) is 4.70. The van der Waals surface area contributed by atoms with Gasteiger partial charge in [0.2, 0.25) is 17.7 Å². The number of carbonyl (C=O) groups excluding carboxylic acids is 3. The van der Waals surface area contributed by atoms with E-state index in [1.165, 1.54) is 24.3 Å². The Morgan fingerprint density at radius 1 is 1.34 bits per heavy atom. The fourth-order valence-corrected chi connectivity index (χ4v) is 3.07. The van der Waals surface area contributed by atoms with Gasteiger partial charge in [-0.2, -0.15) is 0 Å². The number of aliphatic hydroxyl groups is 1. The van der Waals surface area contributed by atoms with E-state index in [2.05, 4.69) is 20.6 Å². The van der Waals surface area contributed by atoms with Gasteiger partial charge in [-0.25, -0.2) is 9.78 Å². The van der Waals surface area contributed by atoms with Gasteiger partial charge < -0.3 is 36.5 Å². The van der Waals surface area contributed by atoms with Crippen molar-refractivity contribution >= 4 is 23.7 Å². The minimum atomic E-state index is -1.17. The van der Waals surface area contributed by atoms with Crippen LogP contribution in [0.25, 0.3) is 0 Å². The molecule has 4 unspecified atom stereocenters. The Bertz CT molecular complexity index is 739. The van der Waals surface area contributed by atoms with Gasteiger partial charge in [-0.1, -0.05) is 0 Å². The Morgan fingerprint density at radius 3 is 2.66 bits per heavy atom. The van der Waals surface area contributed by atoms with E-state index in [1.54, 1.807) is 0 Å². The zero-order valence-electron chi connectivity index (χ0n) is 16.0. The van der Waals surface area contributed by atoms with E-state index < -0.39 is 54.5 Å². The van der Waals surface area contributed by atoms with Gasteiger partial charge in [0, 0.05) is 24.9 Å². The smallest absolute Gasteiger partial charge is 0.326 e. The van der Waals surface area contributed by atoms with E-state index in [0.29, 0.717) is 18.5 Å². The van der Waals surface area contributed by atoms with Gasteiger partial charge in [-0.3, -0.25) is 14.4 Å². The number of hydrogen-bond acceptors (Lipinski definition) is 7. The molecule has 0 bridgehead atoms. The Balaban J connectivity index is 2.11. The van der Waals surface area contributed by atoms with E-state index >= 15 is 0 Å². The average molecular weight is 410 g/mol. The van der Waals surface area contributed by atoms with Gasteiger partial charge in [0.15, 0.2) is 0 Å². The number of nitrogens with one attached hydrogen (secondary N) is 3. The maximum absolute atomic E-state index is 13.0. The number of amides is 3. The molecule has 160 valence electrons. The number of likely N-dealkylation sites (tertiary alicyclic amines) is 1. The van der Waals surface area contributed by atoms with E-state index in [1.807, 2.05) is 0 Å². The van der Waals surface area contributed by atoms with Crippen molar-refractivity contribution in [2.45, 2.75) is 50.4 Å². The molecule has 2 rings (SSSR count). The van der Waals surface area contributed by atoms with E-state index in [-0.39, 0.29) is 13.0 Å². The second-order valence-electron chi connectivity index (χ2n) is 6.89. The maximum Gasteiger partial charge on any atom is 0.326 e. The standard InChI is InChI=1S/C17H26N6O6/c1-9(21-15(26)11(18)7-24)14(25)22-12(5-10-6-19-8-20-10)16(27)23-4-2-3-13(23)17(28)29/h6,8-9,11-13,24H,2-5,7,18H2,1H3,(H,19,20)(H,21,26)(H,22,25)(H,28,29). The second-order valence-corrected chi connectivity index (χ2v) is 6.89. The number of rotatable bonds is 9. The van der Waals surface area contributed by atoms with E-state index in [9.17, 15) is 24.3 Å². The van der Waals surface area contributed by atoms with Crippen molar-refractivity contribution in [3.63, 3.8) is 0 Å². The molecule has 29 heavy (non-hydrogen) atoms. The van der Waals surface area contributed by atoms with Crippen molar-refractivity contribution in [3.05, 3.63) is 18.2 Å². The van der Waals surface area contributed by atoms with E-state index in [4.69, 9.17) is 10.8 Å². The Morgan fingerprint density at radius 2 is 2.07 bits per heavy atom. The highest BCUT2D eigenvalue weighted by atomic mass is 16.4. The summed E-state index contributed by atoms with van der Waals surface area (Å²) in [7, 11) is 0. The molecule has 0 spiro atoms. The van der Waals surface area contributed by atoms with Gasteiger partial charge in [-0.05, 0) is 19.8 Å². The minimum absolute atomic E-state index is 0.0736. The lowest BCUT2D eigenvalue weighted by Crippen LogP contribution is -2.57. The normalized spacial score (nSPS) is 19.3. The quantitative estimate of drug-likeness (QED) is 0.254. The number of nitrogens with zero attached hydrogens (tertiary/aromatic N) is 2. The molecule has 1 saturated heterocycles. The molecule has 1 aromatic heterocycles. The first-order valence-corrected chi connectivity index (χ1v) is 9.22. The molecule has 1 aromatic rings. The monoisotopic (exact) mass is 410 g/mol. The van der Waals surface area contributed by atoms with Crippen LogP contribution in [-0.2, 0) is 25.6 Å². The molecule has 12 heteroatoms. The molecule has 0 saturated carbocycles. The highest BCUT2D eigenvalue weighted by Gasteiger charge is 2.38. The zero-order chi connectivity index (χ0) is 21.6. The van der Waals surface area contributed by atoms with Gasteiger partial charge in [0.05, 0.1) is 12.9 Å². The molecular weight excluding hydrogens is 384 g/mol. The fourth-order valence-electron chi connectivity index (χ4n) is 3.07. The molecule has 0 aromatic carbocycles. The van der Waals surface area contributed by atoms with Gasteiger partial charge in [0.25, 0.3) is 0 Å². The molecule has 2 heterocycles. The van der Waals surface area contributed by atoms with E-state index in [0.717, 1.165) is 0 Å². The SMILES string of the molecule is CC(NC(=O)C(N)CO)C(=O)NC(Cc1cnc[nH]1)C(=O)N1CCCC1C(=O)O. The highest BCUT2D eigenvalue weighted by molar-refractivity contribution is 5.94. The summed E-state index contributed by atoms with van der Waals surface area (Å²) in [6, 6.07) is -4.18. The number of hydrogen-bond donors (Lipinski definition) is 6. The third-order valence-electron chi connectivity index (χ3n) is 4.70. The summed E-state index contributed by atoms with van der Waals surface area (Å²) in [5.74, 6) is -2.98. The summed E-state index contributed by atoms with van der Waals surface area (Å²) in [5.41, 5.74) is 5.99. The first-order chi connectivity index (χ1) is 13.7. The molecule has 3 amide bonds. The second kappa shape index (κ2) is 9.98. The Hall–Kier alpha value is -2.99. The summed E-state index contributed by atoms with van der Waals surface area (Å²) in [6.07, 6.45) is 3.89. The van der Waals surface area contributed by atoms with Crippen LogP contribution >= 0.6 is 0 Å². The molecule has 0 radical (unpaired) electrons. The van der Waals surface area contributed by atoms with Gasteiger partial charge in [0.1, 0.15) is 24.2 Å². The van der Waals surface area contributed by atoms with Crippen molar-refractivity contribution in [2.75, 3.05) is 13.2 Å². The third kappa shape index (κ3) is 5.74. The van der Waals surface area contributed by atoms with Crippen LogP contribution in [0.15, 0.2) is 12.5 Å². The average Bonchev–Trinajstić information content (AvgIpc) is 3.37. The Labute approximate surface area is 166 Å². The van der Waals surface area contributed by atoms with Crippen molar-refractivity contribution in [2.24, 2.45) is 5.73 Å². The minimum Gasteiger partial charge on any atom is -0.480 e. The lowest BCUT2D eigenvalue weighted by molar-refractivity contribution is -0.149. The maximum atomic E-state index is 13.0. The first-order valence-electron chi connectivity index (χ1n) is 9.22. The largest absolute Gasteiger partial charge is 0.480 e. The van der Waals surface area contributed by atoms with Crippen LogP contribution in [0.2, 0.25) is 0 Å². The lowest BCUT2D eigenvalue weighted by Gasteiger charge is -2.28. The Kier molecular flexibility index (Phi) is 7.67. The molecular formula is C17H26N6O6. The molecule has 7 N–H and O–H groups in total. The fraction of sp³-hybridized carbons (Fsp3) is 0.588. The molecule has 1 aliphatic heterocycles. The summed E-state index contributed by atoms with van der Waals surface area (Å²) in [5, 5.41) is 23.2. The number of H-pyrrole nitrogens is 1. The first kappa shape index (κ1) is 22.3. The highest BCUT2D eigenvalue weighted by Crippen LogP contribution is 2.19. The molecule has 1 aliphatic rings. The lowest BCUT2D eigenvalue weighted by atomic mass is 10.1. The summed E-state index contributed by atoms with van der Waals surface area (Å²) >= 11 is 0. The van der Waals surface area contributed by atoms with Crippen LogP contribution in [0.5, 0.6) is 0 Å². The van der Waals surface area contributed by atoms with Crippen LogP contribution < -0.4 is 16.4 Å². The number of aliphatic carboxylic acids is 1. The predicted octanol–water partition coefficient (Wildman–Crippen LogP) is -2.66. The number of imidazole rings is 1. The molecule has 4 atom stereocenters. The zero-order valence-corrected chi connectivity index (χ0v) is 16.0. The number of aromatic nitrogens is 2. The van der Waals surface area contributed by atoms with Crippen molar-refractivity contribution < 1.29 is 29.4 Å². The molecule has 0 aliphatic carbocycles. The summed E-state index contributed by atoms with van der Waals surface area (Å²) < 4.78 is 0. The summed E-state index contributed by atoms with van der Waals surface area (Å²) in [4.78, 5) is 56.7. The van der Waals surface area contributed by atoms with Crippen molar-refractivity contribution in [3.8, 4) is 0 Å². The van der Waals surface area contributed by atoms with Crippen molar-refractivity contribution in [1.29, 1.82) is 0 Å². The predicted molar refractivity (Wildman–Crippen MR) is 99.3 cm³/mol. The molecule has 1 fully saturated rings. The topological polar surface area (TPSA) is 191 Å². The number of aromatic amines is 1. The number of aliphatic hydroxyl groups excluding tert-OH is 1. The van der Waals surface area contributed by atoms with Crippen molar-refractivity contribution in [1.82, 2.24) is 25.5 Å². The number of carbonyl (C=O) groups is 4.